The van der Waals surface area contributed by atoms with Crippen molar-refractivity contribution in [1.29, 1.82) is 0 Å². The molecule has 2 aromatic rings. The Balaban J connectivity index is 1.98. The molecular formula is C32H47SiZr. The van der Waals surface area contributed by atoms with Crippen molar-refractivity contribution in [2.45, 2.75) is 95.8 Å². The Labute approximate surface area is 211 Å². The molecule has 183 valence electrons. The fraction of sp³-hybridized carbons (Fsp3) is 0.500. The summed E-state index contributed by atoms with van der Waals surface area (Å²) >= 11 is -3.46. The van der Waals surface area contributed by atoms with Gasteiger partial charge in [0, 0.05) is 0 Å². The summed E-state index contributed by atoms with van der Waals surface area (Å²) in [5, 5.41) is 0. The average Bonchev–Trinajstić information content (AvgIpc) is 3.27. The quantitative estimate of drug-likeness (QED) is 0.272. The van der Waals surface area contributed by atoms with Crippen LogP contribution < -0.4 is 0 Å². The second kappa shape index (κ2) is 9.82. The summed E-state index contributed by atoms with van der Waals surface area (Å²) in [7, 11) is 0. The molecular weight excluding hydrogens is 504 g/mol. The van der Waals surface area contributed by atoms with Crippen LogP contribution in [0.2, 0.25) is 22.4 Å². The van der Waals surface area contributed by atoms with E-state index < -0.39 is 23.9 Å². The average molecular weight is 551 g/mol. The summed E-state index contributed by atoms with van der Waals surface area (Å²) in [6.45, 7) is 15.2. The summed E-state index contributed by atoms with van der Waals surface area (Å²) in [5.41, 5.74) is 13.5. The predicted octanol–water partition coefficient (Wildman–Crippen LogP) is 10.2. The first-order chi connectivity index (χ1) is 16.2. The molecule has 0 fully saturated rings. The van der Waals surface area contributed by atoms with E-state index in [9.17, 15) is 0 Å². The monoisotopic (exact) mass is 549 g/mol. The third kappa shape index (κ3) is 3.87. The molecule has 0 heterocycles. The van der Waals surface area contributed by atoms with E-state index in [2.05, 4.69) is 98.6 Å². The maximum absolute atomic E-state index is 3.46. The molecule has 2 aliphatic carbocycles. The van der Waals surface area contributed by atoms with Crippen LogP contribution >= 0.6 is 0 Å². The van der Waals surface area contributed by atoms with E-state index in [1.54, 1.807) is 44.5 Å². The Bertz CT molecular complexity index is 1050. The maximum atomic E-state index is 2.90. The van der Waals surface area contributed by atoms with E-state index in [0.29, 0.717) is 7.25 Å². The van der Waals surface area contributed by atoms with Gasteiger partial charge in [-0.05, 0) is 0 Å². The molecule has 0 N–H and O–H groups in total. The van der Waals surface area contributed by atoms with Gasteiger partial charge in [0.25, 0.3) is 0 Å². The molecule has 2 aromatic carbocycles. The fourth-order valence-electron chi connectivity index (χ4n) is 7.84. The van der Waals surface area contributed by atoms with Gasteiger partial charge in [0.15, 0.2) is 0 Å². The first-order valence-corrected chi connectivity index (χ1v) is 28.9. The molecule has 0 bridgehead atoms. The minimum absolute atomic E-state index is 0.690. The van der Waals surface area contributed by atoms with Gasteiger partial charge in [-0.3, -0.25) is 0 Å². The van der Waals surface area contributed by atoms with Crippen molar-refractivity contribution in [1.82, 2.24) is 0 Å². The summed E-state index contributed by atoms with van der Waals surface area (Å²) in [5.74, 6) is -0.984. The van der Waals surface area contributed by atoms with E-state index in [-0.39, 0.29) is 0 Å². The molecule has 0 saturated heterocycles. The van der Waals surface area contributed by atoms with Crippen LogP contribution in [0.25, 0.3) is 11.1 Å². The van der Waals surface area contributed by atoms with Gasteiger partial charge in [-0.2, -0.15) is 0 Å². The van der Waals surface area contributed by atoms with Crippen molar-refractivity contribution < 1.29 is 17.9 Å². The van der Waals surface area contributed by atoms with Crippen molar-refractivity contribution in [2.75, 3.05) is 0 Å². The van der Waals surface area contributed by atoms with Crippen molar-refractivity contribution in [3.05, 3.63) is 81.9 Å². The molecule has 4 rings (SSSR count). The first kappa shape index (κ1) is 26.1. The van der Waals surface area contributed by atoms with Crippen LogP contribution in [0.4, 0.5) is 0 Å². The minimum atomic E-state index is -3.46. The van der Waals surface area contributed by atoms with E-state index in [0.717, 1.165) is 0 Å². The van der Waals surface area contributed by atoms with Gasteiger partial charge in [-0.25, -0.2) is 0 Å². The standard InChI is InChI=1S/2C14H17.C2H7Si.2CH3.Zr/c2*1-3-4-8-13-11(2)10-12-7-5-6-9-14(12)13;1-3-2;;;/h2*5-7,9-10H,3-4,8H2,1-2H3;3H,1-2H3;2*1H3;. The molecule has 0 aromatic heterocycles. The number of unbranched alkanes of at least 4 members (excludes halogenated alkanes) is 2. The van der Waals surface area contributed by atoms with Crippen LogP contribution in [0.3, 0.4) is 0 Å². The van der Waals surface area contributed by atoms with Crippen LogP contribution in [0.5, 0.6) is 0 Å². The van der Waals surface area contributed by atoms with E-state index >= 15 is 0 Å². The number of hydrogen-bond donors (Lipinski definition) is 0. The SMILES string of the molecule is CCCCC1=C(C)[CH]([Zr]([CH3])([CH3])([CH]2C(C)=C(CCCC)c3ccccc32)[SiH](C)C)c2ccccc21. The number of fused-ring (bicyclic) bond motifs is 2. The summed E-state index contributed by atoms with van der Waals surface area (Å²) in [4.78, 5) is 0. The fourth-order valence-corrected chi connectivity index (χ4v) is 38.5. The Kier molecular flexibility index (Phi) is 7.53. The zero-order valence-corrected chi connectivity index (χ0v) is 26.7. The van der Waals surface area contributed by atoms with Crippen molar-refractivity contribution >= 4 is 17.1 Å². The third-order valence-corrected chi connectivity index (χ3v) is 57.3. The van der Waals surface area contributed by atoms with E-state index in [1.807, 2.05) is 0 Å². The first-order valence-electron chi connectivity index (χ1n) is 14.0. The van der Waals surface area contributed by atoms with Gasteiger partial charge in [-0.1, -0.05) is 0 Å². The molecule has 0 radical (unpaired) electrons. The Morgan fingerprint density at radius 1 is 0.676 bits per heavy atom. The number of hydrogen-bond acceptors (Lipinski definition) is 0. The van der Waals surface area contributed by atoms with Crippen LogP contribution in [0.1, 0.15) is 95.7 Å². The summed E-state index contributed by atoms with van der Waals surface area (Å²) in [6, 6.07) is 19.1. The molecule has 0 saturated carbocycles. The number of rotatable bonds is 9. The second-order valence-corrected chi connectivity index (χ2v) is 50.3. The molecule has 2 heteroatoms. The van der Waals surface area contributed by atoms with Gasteiger partial charge < -0.3 is 0 Å². The van der Waals surface area contributed by atoms with Gasteiger partial charge in [0.2, 0.25) is 0 Å². The molecule has 2 atom stereocenters. The Hall–Kier alpha value is -0.980. The van der Waals surface area contributed by atoms with Gasteiger partial charge in [0.05, 0.1) is 0 Å². The molecule has 0 amide bonds. The zero-order chi connectivity index (χ0) is 24.7. The number of allylic oxidation sites excluding steroid dienone is 4. The normalized spacial score (nSPS) is 21.1. The van der Waals surface area contributed by atoms with E-state index in [4.69, 9.17) is 0 Å². The van der Waals surface area contributed by atoms with Crippen LogP contribution in [-0.2, 0) is 17.9 Å². The summed E-state index contributed by atoms with van der Waals surface area (Å²) < 4.78 is 7.18. The van der Waals surface area contributed by atoms with Gasteiger partial charge in [-0.15, -0.1) is 0 Å². The van der Waals surface area contributed by atoms with E-state index in [1.165, 1.54) is 38.5 Å². The molecule has 34 heavy (non-hydrogen) atoms. The molecule has 2 aliphatic rings. The van der Waals surface area contributed by atoms with Crippen LogP contribution in [0, 0.1) is 0 Å². The molecule has 0 aliphatic heterocycles. The Morgan fingerprint density at radius 3 is 1.41 bits per heavy atom. The predicted molar refractivity (Wildman–Crippen MR) is 153 cm³/mol. The van der Waals surface area contributed by atoms with Crippen LogP contribution in [-0.4, -0.2) is 5.92 Å². The molecule has 0 spiro atoms. The summed E-state index contributed by atoms with van der Waals surface area (Å²) in [6.07, 6.45) is 7.65. The zero-order valence-electron chi connectivity index (χ0n) is 23.1. The van der Waals surface area contributed by atoms with Crippen LogP contribution in [0.15, 0.2) is 59.7 Å². The van der Waals surface area contributed by atoms with Crippen molar-refractivity contribution in [3.8, 4) is 0 Å². The van der Waals surface area contributed by atoms with Gasteiger partial charge in [0.1, 0.15) is 0 Å². The van der Waals surface area contributed by atoms with Crippen molar-refractivity contribution in [3.63, 3.8) is 0 Å². The third-order valence-electron chi connectivity index (χ3n) is 10.2. The van der Waals surface area contributed by atoms with Gasteiger partial charge >= 0.3 is 213 Å². The molecule has 0 nitrogen and oxygen atoms in total. The Morgan fingerprint density at radius 2 is 1.06 bits per heavy atom. The second-order valence-electron chi connectivity index (χ2n) is 12.5. The topological polar surface area (TPSA) is 0 Å². The van der Waals surface area contributed by atoms with Crippen molar-refractivity contribution in [2.24, 2.45) is 0 Å². The number of benzene rings is 2. The molecule has 2 unspecified atom stereocenters.